The van der Waals surface area contributed by atoms with E-state index >= 15 is 0 Å². The van der Waals surface area contributed by atoms with Gasteiger partial charge in [-0.05, 0) is 18.8 Å². The molecule has 0 aliphatic heterocycles. The van der Waals surface area contributed by atoms with Crippen molar-refractivity contribution < 1.29 is 32.2 Å². The van der Waals surface area contributed by atoms with Crippen LogP contribution in [-0.4, -0.2) is 23.3 Å². The number of rotatable bonds is 6. The molecule has 0 amide bonds. The van der Waals surface area contributed by atoms with Crippen molar-refractivity contribution in [2.24, 2.45) is 5.41 Å². The number of carbonyl (C=O) groups is 1. The number of ketones is 1. The molecule has 1 N–H and O–H groups in total. The van der Waals surface area contributed by atoms with Gasteiger partial charge in [-0.25, -0.2) is 17.6 Å². The summed E-state index contributed by atoms with van der Waals surface area (Å²) in [6.07, 6.45) is -0.841. The van der Waals surface area contributed by atoms with Crippen LogP contribution < -0.4 is 5.30 Å². The van der Waals surface area contributed by atoms with Gasteiger partial charge in [-0.3, -0.25) is 4.79 Å². The first-order chi connectivity index (χ1) is 10.8. The maximum Gasteiger partial charge on any atom is 0.223 e. The Kier molecular flexibility index (Phi) is 6.53. The summed E-state index contributed by atoms with van der Waals surface area (Å²) in [4.78, 5) is 12.0. The Morgan fingerprint density at radius 1 is 1.04 bits per heavy atom. The molecule has 2 unspecified atom stereocenters. The zero-order valence-electron chi connectivity index (χ0n) is 14.0. The fraction of sp³-hybridized carbons (Fsp3) is 0.562. The van der Waals surface area contributed by atoms with Gasteiger partial charge in [0, 0.05) is 17.3 Å². The SMILES string of the molecule is CC(C)(C)COC(C)(O)C(=O)CCc1c(F)c(F)c(F)c(F)c1P. The molecule has 0 saturated carbocycles. The Hall–Kier alpha value is -1.04. The molecule has 0 radical (unpaired) electrons. The summed E-state index contributed by atoms with van der Waals surface area (Å²) >= 11 is 0. The average Bonchev–Trinajstić information content (AvgIpc) is 2.48. The van der Waals surface area contributed by atoms with E-state index in [0.29, 0.717) is 0 Å². The third-order valence-corrected chi connectivity index (χ3v) is 3.91. The third-order valence-electron chi connectivity index (χ3n) is 3.31. The predicted molar refractivity (Wildman–Crippen MR) is 85.0 cm³/mol. The molecule has 136 valence electrons. The Morgan fingerprint density at radius 3 is 2.04 bits per heavy atom. The van der Waals surface area contributed by atoms with Gasteiger partial charge in [0.05, 0.1) is 6.61 Å². The van der Waals surface area contributed by atoms with Crippen LogP contribution >= 0.6 is 9.24 Å². The molecule has 0 bridgehead atoms. The maximum atomic E-state index is 13.8. The van der Waals surface area contributed by atoms with Crippen LogP contribution in [0.15, 0.2) is 0 Å². The first kappa shape index (κ1) is 21.0. The topological polar surface area (TPSA) is 46.5 Å². The molecule has 0 spiro atoms. The average molecular weight is 368 g/mol. The fourth-order valence-electron chi connectivity index (χ4n) is 1.85. The van der Waals surface area contributed by atoms with Crippen LogP contribution in [0.4, 0.5) is 17.6 Å². The second kappa shape index (κ2) is 7.46. The minimum atomic E-state index is -2.11. The van der Waals surface area contributed by atoms with Gasteiger partial charge in [0.2, 0.25) is 5.79 Å². The van der Waals surface area contributed by atoms with Crippen LogP contribution in [0.3, 0.4) is 0 Å². The number of hydrogen-bond donors (Lipinski definition) is 1. The van der Waals surface area contributed by atoms with Crippen LogP contribution in [0.1, 0.15) is 39.7 Å². The number of benzene rings is 1. The van der Waals surface area contributed by atoms with E-state index in [9.17, 15) is 27.5 Å². The number of Topliss-reactive ketones (excluding diaryl/α,β-unsaturated/α-hetero) is 1. The van der Waals surface area contributed by atoms with Gasteiger partial charge in [-0.2, -0.15) is 0 Å². The van der Waals surface area contributed by atoms with Crippen molar-refractivity contribution >= 4 is 20.3 Å². The summed E-state index contributed by atoms with van der Waals surface area (Å²) in [6.45, 7) is 6.76. The summed E-state index contributed by atoms with van der Waals surface area (Å²) in [6, 6.07) is 0. The number of ether oxygens (including phenoxy) is 1. The number of aliphatic hydroxyl groups is 1. The van der Waals surface area contributed by atoms with E-state index < -0.39 is 58.5 Å². The molecule has 1 rings (SSSR count). The zero-order chi connectivity index (χ0) is 18.9. The van der Waals surface area contributed by atoms with Crippen molar-refractivity contribution in [2.75, 3.05) is 6.61 Å². The van der Waals surface area contributed by atoms with Gasteiger partial charge in [0.25, 0.3) is 0 Å². The van der Waals surface area contributed by atoms with E-state index in [1.165, 1.54) is 0 Å². The largest absolute Gasteiger partial charge is 0.360 e. The number of halogens is 4. The molecule has 0 aliphatic carbocycles. The van der Waals surface area contributed by atoms with Crippen LogP contribution in [0, 0.1) is 28.7 Å². The third kappa shape index (κ3) is 4.98. The summed E-state index contributed by atoms with van der Waals surface area (Å²) in [5, 5.41) is 9.55. The van der Waals surface area contributed by atoms with Crippen molar-refractivity contribution in [1.82, 2.24) is 0 Å². The quantitative estimate of drug-likeness (QED) is 0.276. The molecule has 0 saturated heterocycles. The predicted octanol–water partition coefficient (Wildman–Crippen LogP) is 3.02. The Bertz CT molecular complexity index is 610. The second-order valence-corrected chi connectivity index (χ2v) is 7.48. The lowest BCUT2D eigenvalue weighted by atomic mass is 9.98. The lowest BCUT2D eigenvalue weighted by Crippen LogP contribution is -2.40. The first-order valence-corrected chi connectivity index (χ1v) is 7.85. The van der Waals surface area contributed by atoms with Gasteiger partial charge in [0.1, 0.15) is 0 Å². The van der Waals surface area contributed by atoms with Gasteiger partial charge in [-0.15, -0.1) is 9.24 Å². The summed E-state index contributed by atoms with van der Waals surface area (Å²) < 4.78 is 58.8. The summed E-state index contributed by atoms with van der Waals surface area (Å²) in [7, 11) is 1.78. The number of carbonyl (C=O) groups excluding carboxylic acids is 1. The highest BCUT2D eigenvalue weighted by atomic mass is 31.0. The molecule has 2 atom stereocenters. The van der Waals surface area contributed by atoms with Crippen molar-refractivity contribution in [3.8, 4) is 0 Å². The molecule has 1 aromatic carbocycles. The van der Waals surface area contributed by atoms with E-state index in [4.69, 9.17) is 4.74 Å². The van der Waals surface area contributed by atoms with E-state index in [0.717, 1.165) is 6.92 Å². The van der Waals surface area contributed by atoms with Crippen LogP contribution in [0.5, 0.6) is 0 Å². The highest BCUT2D eigenvalue weighted by molar-refractivity contribution is 7.27. The van der Waals surface area contributed by atoms with Crippen molar-refractivity contribution in [1.29, 1.82) is 0 Å². The Morgan fingerprint density at radius 2 is 1.54 bits per heavy atom. The molecule has 0 aliphatic rings. The molecule has 8 heteroatoms. The van der Waals surface area contributed by atoms with E-state index in [1.54, 1.807) is 9.24 Å². The molecule has 3 nitrogen and oxygen atoms in total. The van der Waals surface area contributed by atoms with Crippen molar-refractivity contribution in [2.45, 2.75) is 46.3 Å². The van der Waals surface area contributed by atoms with Gasteiger partial charge < -0.3 is 9.84 Å². The monoisotopic (exact) mass is 368 g/mol. The normalized spacial score (nSPS) is 14.6. The molecule has 1 aromatic rings. The van der Waals surface area contributed by atoms with E-state index in [1.807, 2.05) is 20.8 Å². The minimum Gasteiger partial charge on any atom is -0.360 e. The molecule has 0 aromatic heterocycles. The fourth-order valence-corrected chi connectivity index (χ4v) is 2.24. The van der Waals surface area contributed by atoms with E-state index in [2.05, 4.69) is 0 Å². The van der Waals surface area contributed by atoms with Gasteiger partial charge in [0.15, 0.2) is 29.1 Å². The van der Waals surface area contributed by atoms with E-state index in [-0.39, 0.29) is 12.0 Å². The number of hydrogen-bond acceptors (Lipinski definition) is 3. The smallest absolute Gasteiger partial charge is 0.223 e. The highest BCUT2D eigenvalue weighted by Crippen LogP contribution is 2.23. The summed E-state index contributed by atoms with van der Waals surface area (Å²) in [5.74, 6) is -9.81. The van der Waals surface area contributed by atoms with Gasteiger partial charge in [-0.1, -0.05) is 20.8 Å². The Labute approximate surface area is 140 Å². The zero-order valence-corrected chi connectivity index (χ0v) is 15.1. The van der Waals surface area contributed by atoms with Crippen molar-refractivity contribution in [3.05, 3.63) is 28.8 Å². The lowest BCUT2D eigenvalue weighted by molar-refractivity contribution is -0.205. The molecular formula is C16H21F4O3P. The first-order valence-electron chi connectivity index (χ1n) is 7.28. The second-order valence-electron chi connectivity index (χ2n) is 6.90. The standard InChI is InChI=1S/C16H21F4O3P/c1-15(2,3)7-23-16(4,22)9(21)6-5-8-10(17)11(18)12(19)13(20)14(8)24/h22H,5-7,24H2,1-4H3. The maximum absolute atomic E-state index is 13.8. The summed E-state index contributed by atoms with van der Waals surface area (Å²) in [5.41, 5.74) is -0.774. The Balaban J connectivity index is 2.88. The minimum absolute atomic E-state index is 0.0920. The van der Waals surface area contributed by atoms with Crippen molar-refractivity contribution in [3.63, 3.8) is 0 Å². The molecule has 24 heavy (non-hydrogen) atoms. The molecular weight excluding hydrogens is 347 g/mol. The lowest BCUT2D eigenvalue weighted by Gasteiger charge is -2.27. The van der Waals surface area contributed by atoms with Gasteiger partial charge >= 0.3 is 0 Å². The molecule has 0 fully saturated rings. The molecule has 0 heterocycles. The van der Waals surface area contributed by atoms with Crippen LogP contribution in [0.25, 0.3) is 0 Å². The van der Waals surface area contributed by atoms with Crippen LogP contribution in [-0.2, 0) is 16.0 Å². The highest BCUT2D eigenvalue weighted by Gasteiger charge is 2.33. The van der Waals surface area contributed by atoms with Crippen LogP contribution in [0.2, 0.25) is 0 Å².